The SMILES string of the molecule is N/C(CC(=O)N1CCC2(CC2)C1)=N\O. The van der Waals surface area contributed by atoms with Crippen LogP contribution in [-0.4, -0.2) is 34.9 Å². The van der Waals surface area contributed by atoms with Gasteiger partial charge in [-0.05, 0) is 24.7 Å². The number of amides is 1. The van der Waals surface area contributed by atoms with Crippen molar-refractivity contribution in [2.24, 2.45) is 16.3 Å². The van der Waals surface area contributed by atoms with Crippen molar-refractivity contribution >= 4 is 11.7 Å². The summed E-state index contributed by atoms with van der Waals surface area (Å²) in [5, 5.41) is 11.1. The van der Waals surface area contributed by atoms with Gasteiger partial charge in [0.05, 0.1) is 6.42 Å². The fraction of sp³-hybridized carbons (Fsp3) is 0.778. The first-order valence-corrected chi connectivity index (χ1v) is 4.89. The molecule has 0 aromatic carbocycles. The van der Waals surface area contributed by atoms with E-state index in [0.29, 0.717) is 5.41 Å². The van der Waals surface area contributed by atoms with Crippen LogP contribution in [-0.2, 0) is 4.79 Å². The van der Waals surface area contributed by atoms with E-state index in [9.17, 15) is 4.79 Å². The van der Waals surface area contributed by atoms with E-state index in [-0.39, 0.29) is 18.2 Å². The third-order valence-electron chi connectivity index (χ3n) is 3.21. The molecule has 0 bridgehead atoms. The quantitative estimate of drug-likeness (QED) is 0.286. The van der Waals surface area contributed by atoms with Gasteiger partial charge in [-0.3, -0.25) is 4.79 Å². The standard InChI is InChI=1S/C9H15N3O2/c10-7(11-14)5-8(13)12-4-3-9(6-12)1-2-9/h14H,1-6H2,(H2,10,11). The molecule has 2 aliphatic rings. The molecule has 1 amide bonds. The van der Waals surface area contributed by atoms with E-state index in [1.54, 1.807) is 0 Å². The number of nitrogens with two attached hydrogens (primary N) is 1. The van der Waals surface area contributed by atoms with Gasteiger partial charge in [-0.15, -0.1) is 0 Å². The first kappa shape index (κ1) is 9.30. The summed E-state index contributed by atoms with van der Waals surface area (Å²) in [5.41, 5.74) is 5.72. The van der Waals surface area contributed by atoms with Gasteiger partial charge in [0, 0.05) is 13.1 Å². The first-order chi connectivity index (χ1) is 6.65. The van der Waals surface area contributed by atoms with Crippen LogP contribution in [0.4, 0.5) is 0 Å². The van der Waals surface area contributed by atoms with Crippen LogP contribution in [0.1, 0.15) is 25.7 Å². The molecule has 0 radical (unpaired) electrons. The van der Waals surface area contributed by atoms with Crippen molar-refractivity contribution in [1.29, 1.82) is 0 Å². The number of likely N-dealkylation sites (tertiary alicyclic amines) is 1. The third kappa shape index (κ3) is 1.66. The van der Waals surface area contributed by atoms with Crippen LogP contribution in [0.5, 0.6) is 0 Å². The summed E-state index contributed by atoms with van der Waals surface area (Å²) in [6.07, 6.45) is 3.65. The van der Waals surface area contributed by atoms with Crippen LogP contribution in [0.3, 0.4) is 0 Å². The predicted molar refractivity (Wildman–Crippen MR) is 50.9 cm³/mol. The Bertz CT molecular complexity index is 284. The normalized spacial score (nSPS) is 24.3. The monoisotopic (exact) mass is 197 g/mol. The summed E-state index contributed by atoms with van der Waals surface area (Å²) in [4.78, 5) is 13.4. The zero-order chi connectivity index (χ0) is 10.2. The van der Waals surface area contributed by atoms with Crippen LogP contribution in [0.15, 0.2) is 5.16 Å². The van der Waals surface area contributed by atoms with Crippen molar-refractivity contribution in [3.8, 4) is 0 Å². The molecule has 1 aliphatic heterocycles. The summed E-state index contributed by atoms with van der Waals surface area (Å²) < 4.78 is 0. The van der Waals surface area contributed by atoms with Crippen molar-refractivity contribution in [3.63, 3.8) is 0 Å². The van der Waals surface area contributed by atoms with Crippen LogP contribution in [0.2, 0.25) is 0 Å². The van der Waals surface area contributed by atoms with E-state index in [2.05, 4.69) is 5.16 Å². The van der Waals surface area contributed by atoms with Gasteiger partial charge in [-0.1, -0.05) is 5.16 Å². The Kier molecular flexibility index (Phi) is 2.09. The molecule has 1 aliphatic carbocycles. The topological polar surface area (TPSA) is 78.9 Å². The third-order valence-corrected chi connectivity index (χ3v) is 3.21. The minimum atomic E-state index is -0.0240. The number of hydrogen-bond acceptors (Lipinski definition) is 3. The Hall–Kier alpha value is -1.26. The molecule has 0 aromatic heterocycles. The van der Waals surface area contributed by atoms with Crippen LogP contribution in [0.25, 0.3) is 0 Å². The number of hydrogen-bond donors (Lipinski definition) is 2. The second kappa shape index (κ2) is 3.15. The summed E-state index contributed by atoms with van der Waals surface area (Å²) in [5.74, 6) is -0.0316. The predicted octanol–water partition coefficient (Wildman–Crippen LogP) is 0.135. The second-order valence-electron chi connectivity index (χ2n) is 4.33. The summed E-state index contributed by atoms with van der Waals surface area (Å²) >= 11 is 0. The average molecular weight is 197 g/mol. The zero-order valence-corrected chi connectivity index (χ0v) is 8.07. The Morgan fingerprint density at radius 3 is 2.71 bits per heavy atom. The van der Waals surface area contributed by atoms with Gasteiger partial charge in [0.2, 0.25) is 5.91 Å². The molecule has 1 heterocycles. The molecule has 0 atom stereocenters. The van der Waals surface area contributed by atoms with Crippen molar-refractivity contribution in [1.82, 2.24) is 4.90 Å². The number of carbonyl (C=O) groups is 1. The van der Waals surface area contributed by atoms with Gasteiger partial charge in [0.1, 0.15) is 5.84 Å². The number of rotatable bonds is 2. The van der Waals surface area contributed by atoms with Gasteiger partial charge in [0.25, 0.3) is 0 Å². The molecule has 78 valence electrons. The minimum Gasteiger partial charge on any atom is -0.409 e. The Labute approximate surface area is 82.6 Å². The van der Waals surface area contributed by atoms with Crippen molar-refractivity contribution in [3.05, 3.63) is 0 Å². The lowest BCUT2D eigenvalue weighted by atomic mass is 10.1. The highest BCUT2D eigenvalue weighted by Gasteiger charge is 2.48. The second-order valence-corrected chi connectivity index (χ2v) is 4.33. The molecule has 3 N–H and O–H groups in total. The van der Waals surface area contributed by atoms with Crippen molar-refractivity contribution in [2.45, 2.75) is 25.7 Å². The highest BCUT2D eigenvalue weighted by molar-refractivity contribution is 5.98. The van der Waals surface area contributed by atoms with Crippen LogP contribution < -0.4 is 5.73 Å². The lowest BCUT2D eigenvalue weighted by Crippen LogP contribution is -2.32. The van der Waals surface area contributed by atoms with E-state index >= 15 is 0 Å². The molecule has 5 heteroatoms. The highest BCUT2D eigenvalue weighted by atomic mass is 16.4. The van der Waals surface area contributed by atoms with E-state index in [0.717, 1.165) is 19.5 Å². The van der Waals surface area contributed by atoms with E-state index in [1.807, 2.05) is 4.90 Å². The van der Waals surface area contributed by atoms with E-state index in [4.69, 9.17) is 10.9 Å². The fourth-order valence-electron chi connectivity index (χ4n) is 2.03. The Morgan fingerprint density at radius 1 is 1.50 bits per heavy atom. The largest absolute Gasteiger partial charge is 0.409 e. The van der Waals surface area contributed by atoms with E-state index in [1.165, 1.54) is 12.8 Å². The molecule has 2 rings (SSSR count). The van der Waals surface area contributed by atoms with Crippen LogP contribution in [0, 0.1) is 5.41 Å². The molecular weight excluding hydrogens is 182 g/mol. The number of oxime groups is 1. The molecule has 14 heavy (non-hydrogen) atoms. The minimum absolute atomic E-state index is 0.00764. The maximum absolute atomic E-state index is 11.6. The van der Waals surface area contributed by atoms with Gasteiger partial charge in [-0.25, -0.2) is 0 Å². The molecule has 1 spiro atoms. The lowest BCUT2D eigenvalue weighted by Gasteiger charge is -2.15. The van der Waals surface area contributed by atoms with Crippen LogP contribution >= 0.6 is 0 Å². The van der Waals surface area contributed by atoms with Gasteiger partial charge >= 0.3 is 0 Å². The van der Waals surface area contributed by atoms with Gasteiger partial charge < -0.3 is 15.8 Å². The van der Waals surface area contributed by atoms with Crippen molar-refractivity contribution < 1.29 is 10.0 Å². The lowest BCUT2D eigenvalue weighted by molar-refractivity contribution is -0.129. The number of carbonyl (C=O) groups excluding carboxylic acids is 1. The molecular formula is C9H15N3O2. The van der Waals surface area contributed by atoms with Gasteiger partial charge in [0.15, 0.2) is 0 Å². The zero-order valence-electron chi connectivity index (χ0n) is 8.07. The maximum atomic E-state index is 11.6. The average Bonchev–Trinajstić information content (AvgIpc) is 2.76. The number of amidine groups is 1. The molecule has 0 unspecified atom stereocenters. The molecule has 0 aromatic rings. The smallest absolute Gasteiger partial charge is 0.230 e. The molecule has 2 fully saturated rings. The summed E-state index contributed by atoms with van der Waals surface area (Å²) in [6.45, 7) is 1.70. The Balaban J connectivity index is 1.87. The van der Waals surface area contributed by atoms with Crippen molar-refractivity contribution in [2.75, 3.05) is 13.1 Å². The highest BCUT2D eigenvalue weighted by Crippen LogP contribution is 2.52. The number of nitrogens with zero attached hydrogens (tertiary/aromatic N) is 2. The summed E-state index contributed by atoms with van der Waals surface area (Å²) in [6, 6.07) is 0. The summed E-state index contributed by atoms with van der Waals surface area (Å²) in [7, 11) is 0. The molecule has 1 saturated carbocycles. The molecule has 5 nitrogen and oxygen atoms in total. The Morgan fingerprint density at radius 2 is 2.21 bits per heavy atom. The molecule has 1 saturated heterocycles. The maximum Gasteiger partial charge on any atom is 0.230 e. The van der Waals surface area contributed by atoms with Gasteiger partial charge in [-0.2, -0.15) is 0 Å². The fourth-order valence-corrected chi connectivity index (χ4v) is 2.03. The first-order valence-electron chi connectivity index (χ1n) is 4.89. The van der Waals surface area contributed by atoms with E-state index < -0.39 is 0 Å².